The highest BCUT2D eigenvalue weighted by molar-refractivity contribution is 6.04. The molecular formula is C21H18N4O4. The molecule has 1 aromatic heterocycles. The number of fused-ring (bicyclic) bond motifs is 1. The highest BCUT2D eigenvalue weighted by Crippen LogP contribution is 2.28. The van der Waals surface area contributed by atoms with Crippen molar-refractivity contribution in [1.82, 2.24) is 15.6 Å². The van der Waals surface area contributed by atoms with E-state index in [1.165, 1.54) is 6.21 Å². The van der Waals surface area contributed by atoms with E-state index in [0.29, 0.717) is 34.4 Å². The number of terminal acetylenes is 1. The van der Waals surface area contributed by atoms with Gasteiger partial charge in [-0.15, -0.1) is 6.42 Å². The van der Waals surface area contributed by atoms with E-state index in [2.05, 4.69) is 26.6 Å². The van der Waals surface area contributed by atoms with Gasteiger partial charge in [0.25, 0.3) is 11.5 Å². The molecule has 29 heavy (non-hydrogen) atoms. The number of hydrogen-bond acceptors (Lipinski definition) is 6. The molecule has 0 bridgehead atoms. The van der Waals surface area contributed by atoms with Gasteiger partial charge in [-0.3, -0.25) is 9.59 Å². The topological polar surface area (TPSA) is 106 Å². The summed E-state index contributed by atoms with van der Waals surface area (Å²) in [6.45, 7) is 2.44. The lowest BCUT2D eigenvalue weighted by atomic mass is 10.1. The third kappa shape index (κ3) is 4.59. The number of rotatable bonds is 7. The minimum Gasteiger partial charge on any atom is -0.490 e. The lowest BCUT2D eigenvalue weighted by molar-refractivity contribution is 0.0951. The molecule has 0 saturated carbocycles. The molecule has 1 amide bonds. The second-order valence-electron chi connectivity index (χ2n) is 5.78. The van der Waals surface area contributed by atoms with E-state index < -0.39 is 5.91 Å². The zero-order valence-electron chi connectivity index (χ0n) is 15.6. The van der Waals surface area contributed by atoms with Crippen LogP contribution in [0.5, 0.6) is 11.5 Å². The standard InChI is InChI=1S/C21H18N4O4/c1-3-11-29-17-10-9-14(12-18(17)28-4-2)13-22-24-21(27)19-15-7-5-6-8-16(15)20(26)25-23-19/h1,5-10,12-13H,4,11H2,2H3,(H,24,27)(H,25,26)/b22-13-. The molecule has 3 rings (SSSR count). The van der Waals surface area contributed by atoms with Crippen LogP contribution in [0, 0.1) is 12.3 Å². The molecule has 2 aromatic carbocycles. The Morgan fingerprint density at radius 3 is 2.79 bits per heavy atom. The molecule has 0 aliphatic heterocycles. The van der Waals surface area contributed by atoms with Crippen LogP contribution < -0.4 is 20.5 Å². The van der Waals surface area contributed by atoms with Crippen LogP contribution in [0.4, 0.5) is 0 Å². The number of hydrogen-bond donors (Lipinski definition) is 2. The summed E-state index contributed by atoms with van der Waals surface area (Å²) in [4.78, 5) is 24.2. The van der Waals surface area contributed by atoms with Gasteiger partial charge in [-0.1, -0.05) is 24.1 Å². The molecule has 0 atom stereocenters. The Bertz CT molecular complexity index is 1160. The van der Waals surface area contributed by atoms with Gasteiger partial charge in [-0.25, -0.2) is 10.5 Å². The molecule has 8 nitrogen and oxygen atoms in total. The summed E-state index contributed by atoms with van der Waals surface area (Å²) in [5.74, 6) is 2.89. The number of aromatic nitrogens is 2. The maximum absolute atomic E-state index is 12.4. The van der Waals surface area contributed by atoms with E-state index in [1.54, 1.807) is 42.5 Å². The van der Waals surface area contributed by atoms with Crippen LogP contribution in [-0.4, -0.2) is 35.5 Å². The fourth-order valence-corrected chi connectivity index (χ4v) is 2.62. The van der Waals surface area contributed by atoms with Gasteiger partial charge < -0.3 is 9.47 Å². The maximum Gasteiger partial charge on any atom is 0.292 e. The minimum atomic E-state index is -0.548. The van der Waals surface area contributed by atoms with Gasteiger partial charge >= 0.3 is 0 Å². The fraction of sp³-hybridized carbons (Fsp3) is 0.143. The molecule has 0 spiro atoms. The van der Waals surface area contributed by atoms with Crippen molar-refractivity contribution in [2.45, 2.75) is 6.92 Å². The monoisotopic (exact) mass is 390 g/mol. The van der Waals surface area contributed by atoms with Crippen molar-refractivity contribution in [3.63, 3.8) is 0 Å². The number of amides is 1. The quantitative estimate of drug-likeness (QED) is 0.365. The highest BCUT2D eigenvalue weighted by Gasteiger charge is 2.13. The Balaban J connectivity index is 1.77. The molecule has 8 heteroatoms. The number of hydrazone groups is 1. The van der Waals surface area contributed by atoms with E-state index in [9.17, 15) is 9.59 Å². The van der Waals surface area contributed by atoms with Gasteiger partial charge in [0, 0.05) is 5.39 Å². The number of aromatic amines is 1. The fourth-order valence-electron chi connectivity index (χ4n) is 2.62. The van der Waals surface area contributed by atoms with Gasteiger partial charge in [0.05, 0.1) is 18.2 Å². The maximum atomic E-state index is 12.4. The van der Waals surface area contributed by atoms with Crippen LogP contribution in [0.15, 0.2) is 52.4 Å². The Morgan fingerprint density at radius 2 is 2.03 bits per heavy atom. The second kappa shape index (κ2) is 9.19. The number of benzene rings is 2. The average Bonchev–Trinajstić information content (AvgIpc) is 2.74. The van der Waals surface area contributed by atoms with Crippen LogP contribution in [0.3, 0.4) is 0 Å². The summed E-state index contributed by atoms with van der Waals surface area (Å²) in [7, 11) is 0. The summed E-state index contributed by atoms with van der Waals surface area (Å²) in [5.41, 5.74) is 2.80. The molecule has 0 aliphatic rings. The Kier molecular flexibility index (Phi) is 6.22. The van der Waals surface area contributed by atoms with Crippen LogP contribution in [0.2, 0.25) is 0 Å². The molecule has 146 valence electrons. The van der Waals surface area contributed by atoms with Crippen LogP contribution in [-0.2, 0) is 0 Å². The van der Waals surface area contributed by atoms with Crippen molar-refractivity contribution < 1.29 is 14.3 Å². The summed E-state index contributed by atoms with van der Waals surface area (Å²) in [6.07, 6.45) is 6.67. The highest BCUT2D eigenvalue weighted by atomic mass is 16.5. The summed E-state index contributed by atoms with van der Waals surface area (Å²) < 4.78 is 11.0. The van der Waals surface area contributed by atoms with E-state index in [0.717, 1.165) is 0 Å². The van der Waals surface area contributed by atoms with Gasteiger partial charge in [-0.2, -0.15) is 10.2 Å². The van der Waals surface area contributed by atoms with Crippen LogP contribution >= 0.6 is 0 Å². The molecule has 0 unspecified atom stereocenters. The SMILES string of the molecule is C#CCOc1ccc(/C=N\NC(=O)c2n[nH]c(=O)c3ccccc23)cc1OCC. The Morgan fingerprint density at radius 1 is 1.24 bits per heavy atom. The van der Waals surface area contributed by atoms with Gasteiger partial charge in [-0.05, 0) is 36.8 Å². The summed E-state index contributed by atoms with van der Waals surface area (Å²) in [5, 5.41) is 10.9. The van der Waals surface area contributed by atoms with Crippen molar-refractivity contribution in [2.75, 3.05) is 13.2 Å². The van der Waals surface area contributed by atoms with Crippen LogP contribution in [0.1, 0.15) is 23.0 Å². The van der Waals surface area contributed by atoms with Gasteiger partial charge in [0.2, 0.25) is 0 Å². The first kappa shape index (κ1) is 19.6. The zero-order valence-corrected chi connectivity index (χ0v) is 15.6. The number of carbonyl (C=O) groups is 1. The molecule has 2 N–H and O–H groups in total. The summed E-state index contributed by atoms with van der Waals surface area (Å²) >= 11 is 0. The molecular weight excluding hydrogens is 372 g/mol. The Hall–Kier alpha value is -4.12. The average molecular weight is 390 g/mol. The number of nitrogens with one attached hydrogen (secondary N) is 2. The molecule has 0 aliphatic carbocycles. The normalized spacial score (nSPS) is 10.6. The smallest absolute Gasteiger partial charge is 0.292 e. The second-order valence-corrected chi connectivity index (χ2v) is 5.78. The molecule has 0 saturated heterocycles. The predicted octanol–water partition coefficient (Wildman–Crippen LogP) is 2.10. The number of nitrogens with zero attached hydrogens (tertiary/aromatic N) is 2. The largest absolute Gasteiger partial charge is 0.490 e. The lowest BCUT2D eigenvalue weighted by Crippen LogP contribution is -2.22. The van der Waals surface area contributed by atoms with E-state index >= 15 is 0 Å². The van der Waals surface area contributed by atoms with E-state index in [4.69, 9.17) is 15.9 Å². The lowest BCUT2D eigenvalue weighted by Gasteiger charge is -2.10. The third-order valence-electron chi connectivity index (χ3n) is 3.87. The molecule has 1 heterocycles. The number of carbonyl (C=O) groups excluding carboxylic acids is 1. The molecule has 0 fully saturated rings. The van der Waals surface area contributed by atoms with Crippen molar-refractivity contribution in [1.29, 1.82) is 0 Å². The van der Waals surface area contributed by atoms with E-state index in [-0.39, 0.29) is 17.9 Å². The van der Waals surface area contributed by atoms with Gasteiger partial charge in [0.15, 0.2) is 17.2 Å². The van der Waals surface area contributed by atoms with Crippen molar-refractivity contribution >= 4 is 22.9 Å². The first-order valence-electron chi connectivity index (χ1n) is 8.78. The van der Waals surface area contributed by atoms with Crippen molar-refractivity contribution in [3.05, 3.63) is 64.1 Å². The molecule has 0 radical (unpaired) electrons. The van der Waals surface area contributed by atoms with Crippen LogP contribution in [0.25, 0.3) is 10.8 Å². The number of H-pyrrole nitrogens is 1. The first-order valence-corrected chi connectivity index (χ1v) is 8.78. The van der Waals surface area contributed by atoms with E-state index in [1.807, 2.05) is 6.92 Å². The zero-order chi connectivity index (χ0) is 20.6. The van der Waals surface area contributed by atoms with Crippen molar-refractivity contribution in [2.24, 2.45) is 5.10 Å². The first-order chi connectivity index (χ1) is 14.1. The molecule has 3 aromatic rings. The minimum absolute atomic E-state index is 0.0744. The summed E-state index contributed by atoms with van der Waals surface area (Å²) in [6, 6.07) is 11.9. The van der Waals surface area contributed by atoms with Crippen molar-refractivity contribution in [3.8, 4) is 23.8 Å². The van der Waals surface area contributed by atoms with Gasteiger partial charge in [0.1, 0.15) is 6.61 Å². The third-order valence-corrected chi connectivity index (χ3v) is 3.87. The Labute approximate surface area is 166 Å². The number of ether oxygens (including phenoxy) is 2. The predicted molar refractivity (Wildman–Crippen MR) is 109 cm³/mol.